The number of carbonyl (C=O) groups is 1. The number of amides is 1. The van der Waals surface area contributed by atoms with Gasteiger partial charge in [0, 0.05) is 18.6 Å². The number of piperidine rings is 1. The summed E-state index contributed by atoms with van der Waals surface area (Å²) in [6.45, 7) is 9.22. The van der Waals surface area contributed by atoms with E-state index in [0.29, 0.717) is 24.4 Å². The molecule has 1 saturated heterocycles. The molecule has 0 aromatic carbocycles. The van der Waals surface area contributed by atoms with Gasteiger partial charge in [-0.2, -0.15) is 0 Å². The van der Waals surface area contributed by atoms with E-state index in [1.54, 1.807) is 0 Å². The van der Waals surface area contributed by atoms with Gasteiger partial charge in [0.2, 0.25) is 5.91 Å². The highest BCUT2D eigenvalue weighted by atomic mass is 16.2. The van der Waals surface area contributed by atoms with Crippen LogP contribution in [-0.4, -0.2) is 42.5 Å². The third-order valence-corrected chi connectivity index (χ3v) is 5.71. The molecule has 0 radical (unpaired) electrons. The van der Waals surface area contributed by atoms with Crippen molar-refractivity contribution in [2.45, 2.75) is 65.0 Å². The maximum atomic E-state index is 12.3. The Labute approximate surface area is 129 Å². The monoisotopic (exact) mass is 295 g/mol. The first-order valence-corrected chi connectivity index (χ1v) is 8.74. The summed E-state index contributed by atoms with van der Waals surface area (Å²) < 4.78 is 0. The van der Waals surface area contributed by atoms with E-state index in [1.165, 1.54) is 19.3 Å². The van der Waals surface area contributed by atoms with Gasteiger partial charge in [-0.25, -0.2) is 0 Å². The van der Waals surface area contributed by atoms with E-state index in [9.17, 15) is 4.79 Å². The standard InChI is InChI=1S/C17H33N3O/c1-12-6-4-8-16(13(12)2)19-17(21)11-20-9-5-7-15(10-20)14(3)18/h12-16H,4-11,18H2,1-3H3,(H,19,21). The van der Waals surface area contributed by atoms with Crippen LogP contribution in [0.3, 0.4) is 0 Å². The SMILES string of the molecule is CC(N)C1CCCN(CC(=O)NC2CCCC(C)C2C)C1. The Bertz CT molecular complexity index is 345. The fraction of sp³-hybridized carbons (Fsp3) is 0.941. The van der Waals surface area contributed by atoms with Crippen LogP contribution in [0.25, 0.3) is 0 Å². The van der Waals surface area contributed by atoms with Crippen molar-refractivity contribution in [2.24, 2.45) is 23.5 Å². The van der Waals surface area contributed by atoms with Crippen LogP contribution in [0.5, 0.6) is 0 Å². The Kier molecular flexibility index (Phi) is 6.06. The number of nitrogens with one attached hydrogen (secondary N) is 1. The van der Waals surface area contributed by atoms with Crippen LogP contribution < -0.4 is 11.1 Å². The molecule has 4 heteroatoms. The lowest BCUT2D eigenvalue weighted by Crippen LogP contribution is -2.50. The summed E-state index contributed by atoms with van der Waals surface area (Å²) in [5, 5.41) is 3.28. The Morgan fingerprint density at radius 2 is 2.05 bits per heavy atom. The predicted octanol–water partition coefficient (Wildman–Crippen LogP) is 1.99. The molecule has 1 aliphatic heterocycles. The van der Waals surface area contributed by atoms with Gasteiger partial charge in [-0.3, -0.25) is 9.69 Å². The normalized spacial score (nSPS) is 36.2. The second kappa shape index (κ2) is 7.59. The highest BCUT2D eigenvalue weighted by Crippen LogP contribution is 2.29. The van der Waals surface area contributed by atoms with E-state index in [1.807, 2.05) is 0 Å². The highest BCUT2D eigenvalue weighted by Gasteiger charge is 2.29. The Morgan fingerprint density at radius 1 is 1.29 bits per heavy atom. The predicted molar refractivity (Wildman–Crippen MR) is 86.9 cm³/mol. The van der Waals surface area contributed by atoms with Gasteiger partial charge in [0.05, 0.1) is 6.54 Å². The average molecular weight is 295 g/mol. The molecular weight excluding hydrogens is 262 g/mol. The minimum atomic E-state index is 0.200. The van der Waals surface area contributed by atoms with Crippen molar-refractivity contribution in [1.82, 2.24) is 10.2 Å². The van der Waals surface area contributed by atoms with Crippen molar-refractivity contribution in [3.05, 3.63) is 0 Å². The van der Waals surface area contributed by atoms with E-state index in [4.69, 9.17) is 5.73 Å². The van der Waals surface area contributed by atoms with Gasteiger partial charge >= 0.3 is 0 Å². The van der Waals surface area contributed by atoms with Gasteiger partial charge in [0.1, 0.15) is 0 Å². The molecule has 21 heavy (non-hydrogen) atoms. The Hall–Kier alpha value is -0.610. The fourth-order valence-electron chi connectivity index (χ4n) is 3.91. The van der Waals surface area contributed by atoms with E-state index in [0.717, 1.165) is 31.8 Å². The molecule has 3 N–H and O–H groups in total. The third kappa shape index (κ3) is 4.68. The van der Waals surface area contributed by atoms with Crippen molar-refractivity contribution >= 4 is 5.91 Å². The number of nitrogens with zero attached hydrogens (tertiary/aromatic N) is 1. The van der Waals surface area contributed by atoms with Gasteiger partial charge < -0.3 is 11.1 Å². The molecule has 0 aromatic rings. The Morgan fingerprint density at radius 3 is 2.76 bits per heavy atom. The molecule has 1 saturated carbocycles. The topological polar surface area (TPSA) is 58.4 Å². The van der Waals surface area contributed by atoms with Gasteiger partial charge in [0.15, 0.2) is 0 Å². The molecule has 2 aliphatic rings. The van der Waals surface area contributed by atoms with Crippen LogP contribution >= 0.6 is 0 Å². The van der Waals surface area contributed by atoms with Crippen molar-refractivity contribution in [2.75, 3.05) is 19.6 Å². The van der Waals surface area contributed by atoms with Crippen LogP contribution in [0.15, 0.2) is 0 Å². The molecule has 2 rings (SSSR count). The summed E-state index contributed by atoms with van der Waals surface area (Å²) in [5.74, 6) is 2.06. The minimum absolute atomic E-state index is 0.200. The highest BCUT2D eigenvalue weighted by molar-refractivity contribution is 5.78. The molecule has 1 amide bonds. The largest absolute Gasteiger partial charge is 0.352 e. The summed E-state index contributed by atoms with van der Waals surface area (Å²) in [7, 11) is 0. The maximum absolute atomic E-state index is 12.3. The minimum Gasteiger partial charge on any atom is -0.352 e. The number of likely N-dealkylation sites (tertiary alicyclic amines) is 1. The van der Waals surface area contributed by atoms with Crippen LogP contribution in [0.2, 0.25) is 0 Å². The van der Waals surface area contributed by atoms with E-state index in [2.05, 4.69) is 31.0 Å². The van der Waals surface area contributed by atoms with Crippen molar-refractivity contribution in [1.29, 1.82) is 0 Å². The molecule has 122 valence electrons. The van der Waals surface area contributed by atoms with E-state index >= 15 is 0 Å². The smallest absolute Gasteiger partial charge is 0.234 e. The first-order chi connectivity index (χ1) is 9.97. The molecular formula is C17H33N3O. The van der Waals surface area contributed by atoms with Crippen LogP contribution in [0.1, 0.15) is 52.9 Å². The van der Waals surface area contributed by atoms with Crippen molar-refractivity contribution in [3.63, 3.8) is 0 Å². The lowest BCUT2D eigenvalue weighted by Gasteiger charge is -2.37. The molecule has 2 fully saturated rings. The summed E-state index contributed by atoms with van der Waals surface area (Å²) in [6, 6.07) is 0.602. The Balaban J connectivity index is 1.78. The van der Waals surface area contributed by atoms with E-state index in [-0.39, 0.29) is 11.9 Å². The van der Waals surface area contributed by atoms with E-state index < -0.39 is 0 Å². The number of nitrogens with two attached hydrogens (primary N) is 1. The molecule has 0 bridgehead atoms. The lowest BCUT2D eigenvalue weighted by molar-refractivity contribution is -0.124. The number of carbonyl (C=O) groups excluding carboxylic acids is 1. The molecule has 5 unspecified atom stereocenters. The summed E-state index contributed by atoms with van der Waals surface area (Å²) in [5.41, 5.74) is 6.02. The molecule has 1 aliphatic carbocycles. The summed E-state index contributed by atoms with van der Waals surface area (Å²) >= 11 is 0. The van der Waals surface area contributed by atoms with Crippen molar-refractivity contribution in [3.8, 4) is 0 Å². The van der Waals surface area contributed by atoms with Gasteiger partial charge in [-0.1, -0.05) is 26.7 Å². The lowest BCUT2D eigenvalue weighted by atomic mass is 9.78. The second-order valence-corrected chi connectivity index (χ2v) is 7.44. The zero-order valence-electron chi connectivity index (χ0n) is 14.0. The molecule has 5 atom stereocenters. The van der Waals surface area contributed by atoms with Gasteiger partial charge in [-0.15, -0.1) is 0 Å². The zero-order chi connectivity index (χ0) is 15.4. The molecule has 0 spiro atoms. The second-order valence-electron chi connectivity index (χ2n) is 7.44. The molecule has 1 heterocycles. The summed E-state index contributed by atoms with van der Waals surface area (Å²) in [4.78, 5) is 14.6. The molecule has 4 nitrogen and oxygen atoms in total. The van der Waals surface area contributed by atoms with Gasteiger partial charge in [-0.05, 0) is 50.5 Å². The van der Waals surface area contributed by atoms with Crippen LogP contribution in [0.4, 0.5) is 0 Å². The third-order valence-electron chi connectivity index (χ3n) is 5.71. The number of hydrogen-bond donors (Lipinski definition) is 2. The first-order valence-electron chi connectivity index (χ1n) is 8.74. The molecule has 0 aromatic heterocycles. The van der Waals surface area contributed by atoms with Crippen molar-refractivity contribution < 1.29 is 4.79 Å². The van der Waals surface area contributed by atoms with Crippen LogP contribution in [-0.2, 0) is 4.79 Å². The number of rotatable bonds is 4. The van der Waals surface area contributed by atoms with Crippen LogP contribution in [0, 0.1) is 17.8 Å². The number of hydrogen-bond acceptors (Lipinski definition) is 3. The maximum Gasteiger partial charge on any atom is 0.234 e. The fourth-order valence-corrected chi connectivity index (χ4v) is 3.91. The first kappa shape index (κ1) is 16.8. The zero-order valence-corrected chi connectivity index (χ0v) is 14.0. The summed E-state index contributed by atoms with van der Waals surface area (Å²) in [6.07, 6.45) is 6.05. The average Bonchev–Trinajstić information content (AvgIpc) is 2.44. The quantitative estimate of drug-likeness (QED) is 0.834. The van der Waals surface area contributed by atoms with Gasteiger partial charge in [0.25, 0.3) is 0 Å².